The molecule has 2 rings (SSSR count). The molecule has 0 atom stereocenters. The molecule has 0 bridgehead atoms. The van der Waals surface area contributed by atoms with Gasteiger partial charge in [0.05, 0.1) is 5.51 Å². The number of carbonyl (C=O) groups is 1. The van der Waals surface area contributed by atoms with Crippen molar-refractivity contribution >= 4 is 17.2 Å². The lowest BCUT2D eigenvalue weighted by atomic mass is 9.90. The summed E-state index contributed by atoms with van der Waals surface area (Å²) < 4.78 is 0. The first-order valence-corrected chi connectivity index (χ1v) is 7.61. The monoisotopic (exact) mass is 267 g/mol. The molecule has 2 N–H and O–H groups in total. The van der Waals surface area contributed by atoms with Crippen LogP contribution in [0.4, 0.5) is 0 Å². The third-order valence-corrected chi connectivity index (χ3v) is 4.15. The number of aromatic nitrogens is 1. The highest BCUT2D eigenvalue weighted by molar-refractivity contribution is 7.07. The van der Waals surface area contributed by atoms with Gasteiger partial charge in [-0.15, -0.1) is 11.3 Å². The van der Waals surface area contributed by atoms with Crippen molar-refractivity contribution in [3.05, 3.63) is 16.6 Å². The van der Waals surface area contributed by atoms with Crippen molar-refractivity contribution in [3.63, 3.8) is 0 Å². The topological polar surface area (TPSA) is 59.2 Å². The average Bonchev–Trinajstić information content (AvgIpc) is 2.90. The van der Waals surface area contributed by atoms with E-state index in [1.165, 1.54) is 11.3 Å². The van der Waals surface area contributed by atoms with Gasteiger partial charge in [-0.2, -0.15) is 0 Å². The van der Waals surface area contributed by atoms with Crippen molar-refractivity contribution in [2.24, 2.45) is 5.73 Å². The molecule has 0 radical (unpaired) electrons. The van der Waals surface area contributed by atoms with E-state index in [4.69, 9.17) is 5.73 Å². The molecule has 100 valence electrons. The van der Waals surface area contributed by atoms with Crippen LogP contribution in [0.2, 0.25) is 0 Å². The molecule has 4 nitrogen and oxygen atoms in total. The van der Waals surface area contributed by atoms with Crippen molar-refractivity contribution in [1.29, 1.82) is 0 Å². The molecule has 0 saturated heterocycles. The zero-order chi connectivity index (χ0) is 13.0. The highest BCUT2D eigenvalue weighted by Crippen LogP contribution is 2.23. The first kappa shape index (κ1) is 13.5. The molecule has 0 spiro atoms. The molecule has 1 heterocycles. The summed E-state index contributed by atoms with van der Waals surface area (Å²) in [6, 6.07) is 0.665. The Kier molecular flexibility index (Phi) is 4.72. The molecular formula is C13H21N3OS. The van der Waals surface area contributed by atoms with Gasteiger partial charge in [0, 0.05) is 24.0 Å². The minimum absolute atomic E-state index is 0.0820. The van der Waals surface area contributed by atoms with Crippen LogP contribution < -0.4 is 5.73 Å². The summed E-state index contributed by atoms with van der Waals surface area (Å²) in [6.45, 7) is 2.92. The number of nitrogens with two attached hydrogens (primary N) is 1. The Labute approximate surface area is 112 Å². The summed E-state index contributed by atoms with van der Waals surface area (Å²) >= 11 is 1.47. The van der Waals surface area contributed by atoms with Crippen LogP contribution in [-0.4, -0.2) is 34.4 Å². The van der Waals surface area contributed by atoms with E-state index in [9.17, 15) is 4.79 Å². The molecule has 1 aliphatic rings. The van der Waals surface area contributed by atoms with Gasteiger partial charge in [-0.05, 0) is 32.1 Å². The SMILES string of the molecule is CCCN(C(=O)c1cscn1)C1CCC(N)CC1. The molecule has 1 aromatic heterocycles. The van der Waals surface area contributed by atoms with Crippen LogP contribution in [0.5, 0.6) is 0 Å². The normalized spacial score (nSPS) is 23.9. The fourth-order valence-corrected chi connectivity index (χ4v) is 3.10. The van der Waals surface area contributed by atoms with Gasteiger partial charge in [-0.1, -0.05) is 6.92 Å². The summed E-state index contributed by atoms with van der Waals surface area (Å²) in [5, 5.41) is 1.83. The van der Waals surface area contributed by atoms with Gasteiger partial charge >= 0.3 is 0 Å². The first-order chi connectivity index (χ1) is 8.72. The minimum Gasteiger partial charge on any atom is -0.334 e. The zero-order valence-electron chi connectivity index (χ0n) is 10.8. The Morgan fingerprint density at radius 1 is 1.50 bits per heavy atom. The maximum atomic E-state index is 12.4. The lowest BCUT2D eigenvalue weighted by Gasteiger charge is -2.35. The van der Waals surface area contributed by atoms with E-state index in [2.05, 4.69) is 11.9 Å². The van der Waals surface area contributed by atoms with Crippen LogP contribution in [0.1, 0.15) is 49.5 Å². The molecule has 5 heteroatoms. The molecule has 0 unspecified atom stereocenters. The number of thiazole rings is 1. The van der Waals surface area contributed by atoms with Crippen molar-refractivity contribution in [2.75, 3.05) is 6.54 Å². The lowest BCUT2D eigenvalue weighted by molar-refractivity contribution is 0.0621. The summed E-state index contributed by atoms with van der Waals surface area (Å²) in [5.41, 5.74) is 8.23. The molecule has 1 amide bonds. The maximum Gasteiger partial charge on any atom is 0.273 e. The highest BCUT2D eigenvalue weighted by Gasteiger charge is 2.28. The molecule has 1 aromatic rings. The van der Waals surface area contributed by atoms with Crippen LogP contribution in [0.15, 0.2) is 10.9 Å². The molecule has 1 fully saturated rings. The smallest absolute Gasteiger partial charge is 0.273 e. The van der Waals surface area contributed by atoms with E-state index in [0.717, 1.165) is 38.6 Å². The number of rotatable bonds is 4. The predicted molar refractivity (Wildman–Crippen MR) is 73.7 cm³/mol. The van der Waals surface area contributed by atoms with Crippen LogP contribution >= 0.6 is 11.3 Å². The number of amides is 1. The van der Waals surface area contributed by atoms with Gasteiger partial charge in [-0.3, -0.25) is 4.79 Å². The molecule has 1 aliphatic carbocycles. The third-order valence-electron chi connectivity index (χ3n) is 3.56. The van der Waals surface area contributed by atoms with Crippen LogP contribution in [0.25, 0.3) is 0 Å². The van der Waals surface area contributed by atoms with Crippen LogP contribution in [0.3, 0.4) is 0 Å². The molecule has 0 aromatic carbocycles. The third kappa shape index (κ3) is 3.09. The number of hydrogen-bond acceptors (Lipinski definition) is 4. The average molecular weight is 267 g/mol. The van der Waals surface area contributed by atoms with Crippen molar-refractivity contribution < 1.29 is 4.79 Å². The van der Waals surface area contributed by atoms with Gasteiger partial charge in [0.1, 0.15) is 5.69 Å². The molecule has 18 heavy (non-hydrogen) atoms. The van der Waals surface area contributed by atoms with E-state index >= 15 is 0 Å². The Bertz CT molecular complexity index is 372. The number of hydrogen-bond donors (Lipinski definition) is 1. The Morgan fingerprint density at radius 3 is 2.78 bits per heavy atom. The summed E-state index contributed by atoms with van der Waals surface area (Å²) in [7, 11) is 0. The standard InChI is InChI=1S/C13H21N3OS/c1-2-7-16(11-5-3-10(14)4-6-11)13(17)12-8-18-9-15-12/h8-11H,2-7,14H2,1H3. The number of nitrogens with zero attached hydrogens (tertiary/aromatic N) is 2. The van der Waals surface area contributed by atoms with E-state index in [-0.39, 0.29) is 5.91 Å². The van der Waals surface area contributed by atoms with Gasteiger partial charge in [0.2, 0.25) is 0 Å². The van der Waals surface area contributed by atoms with Gasteiger partial charge < -0.3 is 10.6 Å². The number of carbonyl (C=O) groups excluding carboxylic acids is 1. The molecule has 0 aliphatic heterocycles. The predicted octanol–water partition coefficient (Wildman–Crippen LogP) is 2.27. The Morgan fingerprint density at radius 2 is 2.22 bits per heavy atom. The quantitative estimate of drug-likeness (QED) is 0.910. The summed E-state index contributed by atoms with van der Waals surface area (Å²) in [4.78, 5) is 18.5. The summed E-state index contributed by atoms with van der Waals surface area (Å²) in [5.74, 6) is 0.0820. The van der Waals surface area contributed by atoms with Crippen molar-refractivity contribution in [2.45, 2.75) is 51.1 Å². The van der Waals surface area contributed by atoms with E-state index in [1.54, 1.807) is 5.51 Å². The van der Waals surface area contributed by atoms with E-state index < -0.39 is 0 Å². The maximum absolute atomic E-state index is 12.4. The minimum atomic E-state index is 0.0820. The second kappa shape index (κ2) is 6.29. The highest BCUT2D eigenvalue weighted by atomic mass is 32.1. The summed E-state index contributed by atoms with van der Waals surface area (Å²) in [6.07, 6.45) is 5.08. The zero-order valence-corrected chi connectivity index (χ0v) is 11.7. The van der Waals surface area contributed by atoms with Crippen LogP contribution in [-0.2, 0) is 0 Å². The van der Waals surface area contributed by atoms with Gasteiger partial charge in [0.25, 0.3) is 5.91 Å². The van der Waals surface area contributed by atoms with E-state index in [0.29, 0.717) is 17.8 Å². The Balaban J connectivity index is 2.05. The fraction of sp³-hybridized carbons (Fsp3) is 0.692. The van der Waals surface area contributed by atoms with E-state index in [1.807, 2.05) is 10.3 Å². The second-order valence-corrected chi connectivity index (χ2v) is 5.66. The lowest BCUT2D eigenvalue weighted by Crippen LogP contribution is -2.44. The molecule has 1 saturated carbocycles. The largest absolute Gasteiger partial charge is 0.334 e. The van der Waals surface area contributed by atoms with Gasteiger partial charge in [-0.25, -0.2) is 4.98 Å². The van der Waals surface area contributed by atoms with Gasteiger partial charge in [0.15, 0.2) is 0 Å². The van der Waals surface area contributed by atoms with Crippen LogP contribution in [0, 0.1) is 0 Å². The fourth-order valence-electron chi connectivity index (χ4n) is 2.57. The Hall–Kier alpha value is -0.940. The second-order valence-electron chi connectivity index (χ2n) is 4.94. The molecular weight excluding hydrogens is 246 g/mol. The van der Waals surface area contributed by atoms with Crippen molar-refractivity contribution in [1.82, 2.24) is 9.88 Å². The first-order valence-electron chi connectivity index (χ1n) is 6.67. The van der Waals surface area contributed by atoms with Crippen molar-refractivity contribution in [3.8, 4) is 0 Å².